The van der Waals surface area contributed by atoms with Gasteiger partial charge in [-0.05, 0) is 74.2 Å². The second-order valence-electron chi connectivity index (χ2n) is 8.57. The Kier molecular flexibility index (Phi) is 10.8. The number of hydrogen-bond acceptors (Lipinski definition) is 4. The molecule has 1 aliphatic heterocycles. The molecule has 0 N–H and O–H groups in total. The third-order valence-corrected chi connectivity index (χ3v) is 6.26. The second-order valence-corrected chi connectivity index (χ2v) is 8.57. The topological polar surface area (TPSA) is 55.8 Å². The number of methoxy groups -OCH3 is 1. The maximum atomic E-state index is 11.2. The smallest absolute Gasteiger partial charge is 0.520 e. The van der Waals surface area contributed by atoms with Crippen molar-refractivity contribution in [3.05, 3.63) is 35.7 Å². The Morgan fingerprint density at radius 1 is 1.20 bits per heavy atom. The molecule has 1 aromatic rings. The molecule has 2 aliphatic carbocycles. The van der Waals surface area contributed by atoms with Gasteiger partial charge in [0.25, 0.3) is 0 Å². The number of likely N-dealkylation sites (tertiary alicyclic amines) is 1. The first kappa shape index (κ1) is 25.3. The van der Waals surface area contributed by atoms with Gasteiger partial charge in [0.2, 0.25) is 0 Å². The number of hydrogen-bond donors (Lipinski definition) is 0. The van der Waals surface area contributed by atoms with Crippen molar-refractivity contribution < 1.29 is 50.2 Å². The van der Waals surface area contributed by atoms with Crippen molar-refractivity contribution in [3.8, 4) is 5.75 Å². The molecule has 6 heteroatoms. The first-order chi connectivity index (χ1) is 14.1. The zero-order valence-corrected chi connectivity index (χ0v) is 22.4. The van der Waals surface area contributed by atoms with E-state index in [-0.39, 0.29) is 37.1 Å². The fourth-order valence-electron chi connectivity index (χ4n) is 3.99. The van der Waals surface area contributed by atoms with Gasteiger partial charge in [0, 0.05) is 0 Å². The Morgan fingerprint density at radius 2 is 1.83 bits per heavy atom. The van der Waals surface area contributed by atoms with Crippen LogP contribution >= 0.6 is 0 Å². The Morgan fingerprint density at radius 3 is 2.37 bits per heavy atom. The van der Waals surface area contributed by atoms with Crippen LogP contribution in [0.15, 0.2) is 24.3 Å². The van der Waals surface area contributed by atoms with Gasteiger partial charge >= 0.3 is 37.1 Å². The largest absolute Gasteiger partial charge is 2.00 e. The Hall–Kier alpha value is -0.988. The summed E-state index contributed by atoms with van der Waals surface area (Å²) in [6, 6.07) is 7.64. The quantitative estimate of drug-likeness (QED) is 0.320. The molecule has 0 radical (unpaired) electrons. The molecule has 2 saturated carbocycles. The number of rotatable bonds is 8. The molecular weight excluding hydrogens is 604 g/mol. The molecule has 0 aromatic heterocycles. The second kappa shape index (κ2) is 12.8. The van der Waals surface area contributed by atoms with Gasteiger partial charge < -0.3 is 25.1 Å². The van der Waals surface area contributed by atoms with E-state index in [1.54, 1.807) is 10.8 Å². The van der Waals surface area contributed by atoms with E-state index in [1.807, 2.05) is 30.7 Å². The summed E-state index contributed by atoms with van der Waals surface area (Å²) in [5, 5.41) is 0. The molecule has 1 amide bonds. The van der Waals surface area contributed by atoms with E-state index in [2.05, 4.69) is 11.7 Å². The number of benzene rings is 1. The number of carbonyl (C=O) groups excluding carboxylic acids is 2. The minimum Gasteiger partial charge on any atom is -0.520 e. The summed E-state index contributed by atoms with van der Waals surface area (Å²) in [7, 11) is 1.40. The molecule has 4 rings (SSSR count). The number of piperidine rings is 1. The normalized spacial score (nSPS) is 22.8. The summed E-state index contributed by atoms with van der Waals surface area (Å²) in [6.07, 6.45) is 9.74. The van der Waals surface area contributed by atoms with E-state index in [0.717, 1.165) is 68.0 Å². The Balaban J connectivity index is 0.000000574. The van der Waals surface area contributed by atoms with Gasteiger partial charge in [0.15, 0.2) is 0 Å². The SMILES string of the molecule is COC(=O)Cc1ccc(OCC[C@@H]2C[C@@H]2C2CCN([C-]=O)CC2)cc1.C[C-]1CC1.[U+2]. The monoisotopic (exact) mass is 637 g/mol. The molecule has 30 heavy (non-hydrogen) atoms. The minimum atomic E-state index is -0.231. The van der Waals surface area contributed by atoms with Crippen LogP contribution in [0.1, 0.15) is 51.0 Å². The van der Waals surface area contributed by atoms with Gasteiger partial charge in [-0.1, -0.05) is 12.1 Å². The van der Waals surface area contributed by atoms with E-state index < -0.39 is 0 Å². The van der Waals surface area contributed by atoms with Crippen molar-refractivity contribution in [1.29, 1.82) is 0 Å². The molecule has 0 unspecified atom stereocenters. The molecule has 1 aromatic carbocycles. The van der Waals surface area contributed by atoms with Gasteiger partial charge in [0.05, 0.1) is 20.1 Å². The molecule has 2 atom stereocenters. The third-order valence-electron chi connectivity index (χ3n) is 6.26. The van der Waals surface area contributed by atoms with Crippen molar-refractivity contribution in [3.63, 3.8) is 0 Å². The Bertz CT molecular complexity index is 654. The fourth-order valence-corrected chi connectivity index (χ4v) is 3.99. The summed E-state index contributed by atoms with van der Waals surface area (Å²) in [5.41, 5.74) is 0.931. The first-order valence-electron chi connectivity index (χ1n) is 10.8. The number of carbonyl (C=O) groups is 1. The van der Waals surface area contributed by atoms with E-state index >= 15 is 0 Å². The minimum absolute atomic E-state index is 0. The van der Waals surface area contributed by atoms with Crippen LogP contribution in [0, 0.1) is 54.8 Å². The maximum Gasteiger partial charge on any atom is 2.00 e. The van der Waals surface area contributed by atoms with Gasteiger partial charge in [0.1, 0.15) is 5.75 Å². The number of esters is 1. The van der Waals surface area contributed by atoms with Gasteiger partial charge in [-0.2, -0.15) is 13.3 Å². The zero-order chi connectivity index (χ0) is 20.6. The van der Waals surface area contributed by atoms with Crippen LogP contribution in [0.2, 0.25) is 0 Å². The van der Waals surface area contributed by atoms with Crippen LogP contribution in [0.3, 0.4) is 0 Å². The van der Waals surface area contributed by atoms with Crippen molar-refractivity contribution >= 4 is 12.4 Å². The predicted molar refractivity (Wildman–Crippen MR) is 112 cm³/mol. The molecule has 5 nitrogen and oxygen atoms in total. The maximum absolute atomic E-state index is 11.2. The van der Waals surface area contributed by atoms with E-state index in [9.17, 15) is 9.59 Å². The van der Waals surface area contributed by atoms with Crippen molar-refractivity contribution in [2.24, 2.45) is 17.8 Å². The Labute approximate surface area is 204 Å². The zero-order valence-electron chi connectivity index (χ0n) is 18.2. The summed E-state index contributed by atoms with van der Waals surface area (Å²) in [4.78, 5) is 23.6. The van der Waals surface area contributed by atoms with E-state index in [0.29, 0.717) is 6.42 Å². The summed E-state index contributed by atoms with van der Waals surface area (Å²) in [5.74, 6) is 4.65. The number of amides is 1. The third kappa shape index (κ3) is 8.63. The average Bonchev–Trinajstić information content (AvgIpc) is 3.68. The molecule has 0 bridgehead atoms. The average molecular weight is 638 g/mol. The molecule has 1 saturated heterocycles. The molecular formula is C24H33NO4U. The van der Waals surface area contributed by atoms with E-state index in [4.69, 9.17) is 4.74 Å². The van der Waals surface area contributed by atoms with Crippen molar-refractivity contribution in [1.82, 2.24) is 4.90 Å². The molecule has 1 heterocycles. The first-order valence-corrected chi connectivity index (χ1v) is 10.8. The van der Waals surface area contributed by atoms with Crippen LogP contribution in [-0.2, 0) is 20.7 Å². The molecule has 3 fully saturated rings. The van der Waals surface area contributed by atoms with Gasteiger partial charge in [-0.15, -0.1) is 0 Å². The standard InChI is InChI=1S/C20H26NO4.C4H7.U/c1-24-20(23)12-15-2-4-18(5-3-15)25-11-8-17-13-19(17)16-6-9-21(14-22)10-7-16;1-4-2-3-4;/h2-5,16-17,19H,6-13H2,1H3;2-3H2,1H3;/q2*-1;+2/t17-,19-;;/m1../s1. The molecule has 0 spiro atoms. The van der Waals surface area contributed by atoms with Crippen LogP contribution in [0.25, 0.3) is 0 Å². The molecule has 162 valence electrons. The van der Waals surface area contributed by atoms with Crippen LogP contribution in [0.4, 0.5) is 0 Å². The summed E-state index contributed by atoms with van der Waals surface area (Å²) >= 11 is 0. The van der Waals surface area contributed by atoms with Crippen LogP contribution in [-0.4, -0.2) is 44.1 Å². The van der Waals surface area contributed by atoms with E-state index in [1.165, 1.54) is 26.4 Å². The van der Waals surface area contributed by atoms with Crippen LogP contribution < -0.4 is 4.74 Å². The predicted octanol–water partition coefficient (Wildman–Crippen LogP) is 3.96. The van der Waals surface area contributed by atoms with Gasteiger partial charge in [-0.3, -0.25) is 4.79 Å². The van der Waals surface area contributed by atoms with Crippen LogP contribution in [0.5, 0.6) is 5.75 Å². The summed E-state index contributed by atoms with van der Waals surface area (Å²) < 4.78 is 10.5. The number of nitrogens with zero attached hydrogens (tertiary/aromatic N) is 1. The summed E-state index contributed by atoms with van der Waals surface area (Å²) in [6.45, 7) is 4.66. The molecule has 3 aliphatic rings. The number of ether oxygens (including phenoxy) is 2. The fraction of sp³-hybridized carbons (Fsp3) is 0.625. The van der Waals surface area contributed by atoms with Gasteiger partial charge in [-0.25, -0.2) is 12.8 Å². The van der Waals surface area contributed by atoms with Crippen molar-refractivity contribution in [2.45, 2.75) is 51.9 Å². The van der Waals surface area contributed by atoms with Crippen molar-refractivity contribution in [2.75, 3.05) is 26.8 Å².